The highest BCUT2D eigenvalue weighted by molar-refractivity contribution is 7.94. The predicted molar refractivity (Wildman–Crippen MR) is 54.2 cm³/mol. The van der Waals surface area contributed by atoms with Crippen molar-refractivity contribution in [3.8, 4) is 0 Å². The van der Waals surface area contributed by atoms with Gasteiger partial charge < -0.3 is 0 Å². The van der Waals surface area contributed by atoms with E-state index < -0.39 is 10.0 Å². The smallest absolute Gasteiger partial charge is 0.200 e. The molecule has 4 heteroatoms. The Balaban J connectivity index is 3.30. The van der Waals surface area contributed by atoms with Gasteiger partial charge in [-0.25, -0.2) is 0 Å². The Bertz CT molecular complexity index is 374. The summed E-state index contributed by atoms with van der Waals surface area (Å²) in [4.78, 5) is 0.429. The van der Waals surface area contributed by atoms with E-state index in [0.29, 0.717) is 4.91 Å². The van der Waals surface area contributed by atoms with E-state index in [1.54, 1.807) is 6.92 Å². The molecule has 0 aromatic heterocycles. The highest BCUT2D eigenvalue weighted by atomic mass is 32.2. The molecule has 1 aliphatic rings. The van der Waals surface area contributed by atoms with Gasteiger partial charge in [-0.3, -0.25) is 0 Å². The summed E-state index contributed by atoms with van der Waals surface area (Å²) in [6, 6.07) is 0. The summed E-state index contributed by atoms with van der Waals surface area (Å²) in [5, 5.41) is 0. The molecule has 0 saturated heterocycles. The molecule has 1 aliphatic heterocycles. The Morgan fingerprint density at radius 2 is 1.92 bits per heavy atom. The predicted octanol–water partition coefficient (Wildman–Crippen LogP) is 2.11. The van der Waals surface area contributed by atoms with Crippen LogP contribution in [0.15, 0.2) is 14.9 Å². The van der Waals surface area contributed by atoms with Gasteiger partial charge in [-0.2, -0.15) is 12.8 Å². The molecular weight excluding hydrogens is 186 g/mol. The van der Waals surface area contributed by atoms with Gasteiger partial charge in [-0.05, 0) is 24.8 Å². The molecule has 0 fully saturated rings. The molecule has 3 nitrogen and oxygen atoms in total. The van der Waals surface area contributed by atoms with E-state index in [2.05, 4.69) is 4.40 Å². The lowest BCUT2D eigenvalue weighted by molar-refractivity contribution is 0.604. The van der Waals surface area contributed by atoms with Crippen molar-refractivity contribution < 1.29 is 8.42 Å². The first-order chi connectivity index (χ1) is 5.90. The van der Waals surface area contributed by atoms with Crippen LogP contribution in [0.25, 0.3) is 0 Å². The van der Waals surface area contributed by atoms with Crippen molar-refractivity contribution in [2.75, 3.05) is 0 Å². The molecule has 1 rings (SSSR count). The number of hydrogen-bond donors (Lipinski definition) is 0. The highest BCUT2D eigenvalue weighted by Crippen LogP contribution is 2.28. The fraction of sp³-hybridized carbons (Fsp3) is 0.667. The Labute approximate surface area is 79.6 Å². The minimum absolute atomic E-state index is 0.183. The zero-order valence-electron chi connectivity index (χ0n) is 8.46. The number of sulfonamides is 1. The maximum Gasteiger partial charge on any atom is 0.278 e. The Morgan fingerprint density at radius 3 is 2.23 bits per heavy atom. The average molecular weight is 201 g/mol. The first kappa shape index (κ1) is 10.4. The molecule has 0 atom stereocenters. The molecule has 0 amide bonds. The van der Waals surface area contributed by atoms with Crippen LogP contribution >= 0.6 is 0 Å². The van der Waals surface area contributed by atoms with Gasteiger partial charge >= 0.3 is 0 Å². The zero-order valence-corrected chi connectivity index (χ0v) is 9.27. The number of nitrogens with zero attached hydrogens (tertiary/aromatic N) is 1. The number of hydrogen-bond acceptors (Lipinski definition) is 2. The molecule has 0 unspecified atom stereocenters. The Kier molecular flexibility index (Phi) is 2.61. The van der Waals surface area contributed by atoms with Crippen molar-refractivity contribution in [1.82, 2.24) is 0 Å². The summed E-state index contributed by atoms with van der Waals surface area (Å²) < 4.78 is 26.6. The van der Waals surface area contributed by atoms with Crippen LogP contribution in [-0.4, -0.2) is 14.1 Å². The molecule has 0 N–H and O–H groups in total. The molecule has 0 aromatic rings. The van der Waals surface area contributed by atoms with Gasteiger partial charge in [0.25, 0.3) is 10.0 Å². The van der Waals surface area contributed by atoms with E-state index >= 15 is 0 Å². The third-order valence-electron chi connectivity index (χ3n) is 2.24. The summed E-state index contributed by atoms with van der Waals surface area (Å²) in [5.74, 6) is 0.183. The van der Waals surface area contributed by atoms with E-state index in [9.17, 15) is 8.42 Å². The number of allylic oxidation sites excluding steroid dienone is 2. The van der Waals surface area contributed by atoms with Crippen LogP contribution in [-0.2, 0) is 10.0 Å². The van der Waals surface area contributed by atoms with Gasteiger partial charge in [0.15, 0.2) is 0 Å². The van der Waals surface area contributed by atoms with Crippen LogP contribution < -0.4 is 0 Å². The lowest BCUT2D eigenvalue weighted by atomic mass is 9.98. The van der Waals surface area contributed by atoms with Crippen molar-refractivity contribution in [3.05, 3.63) is 10.5 Å². The van der Waals surface area contributed by atoms with Gasteiger partial charge in [0.05, 0.1) is 10.6 Å². The zero-order chi connectivity index (χ0) is 10.2. The SMILES string of the molecule is CCC1=C(C)S(=O)(=O)N=C1C(C)C. The molecule has 0 radical (unpaired) electrons. The first-order valence-corrected chi connectivity index (χ1v) is 5.89. The maximum atomic E-state index is 11.4. The largest absolute Gasteiger partial charge is 0.278 e. The second-order valence-corrected chi connectivity index (χ2v) is 5.24. The standard InChI is InChI=1S/C9H15NO2S/c1-5-8-7(4)13(11,12)10-9(8)6(2)3/h6H,5H2,1-4H3. The molecule has 0 spiro atoms. The van der Waals surface area contributed by atoms with E-state index in [4.69, 9.17) is 0 Å². The summed E-state index contributed by atoms with van der Waals surface area (Å²) in [7, 11) is -3.31. The average Bonchev–Trinajstić information content (AvgIpc) is 2.24. The van der Waals surface area contributed by atoms with E-state index in [1.807, 2.05) is 20.8 Å². The fourth-order valence-corrected chi connectivity index (χ4v) is 2.75. The molecule has 0 aromatic carbocycles. The topological polar surface area (TPSA) is 46.5 Å². The van der Waals surface area contributed by atoms with Gasteiger partial charge in [0.2, 0.25) is 0 Å². The molecular formula is C9H15NO2S. The summed E-state index contributed by atoms with van der Waals surface area (Å²) >= 11 is 0. The van der Waals surface area contributed by atoms with Gasteiger partial charge in [0, 0.05) is 0 Å². The van der Waals surface area contributed by atoms with Crippen LogP contribution in [0.3, 0.4) is 0 Å². The third kappa shape index (κ3) is 1.68. The van der Waals surface area contributed by atoms with Crippen LogP contribution in [0.1, 0.15) is 34.1 Å². The first-order valence-electron chi connectivity index (χ1n) is 4.45. The van der Waals surface area contributed by atoms with Gasteiger partial charge in [-0.15, -0.1) is 0 Å². The van der Waals surface area contributed by atoms with Crippen LogP contribution in [0, 0.1) is 5.92 Å². The maximum absolute atomic E-state index is 11.4. The molecule has 13 heavy (non-hydrogen) atoms. The minimum Gasteiger partial charge on any atom is -0.200 e. The van der Waals surface area contributed by atoms with E-state index in [-0.39, 0.29) is 5.92 Å². The summed E-state index contributed by atoms with van der Waals surface area (Å²) in [6.07, 6.45) is 0.738. The third-order valence-corrected chi connectivity index (χ3v) is 3.70. The summed E-state index contributed by atoms with van der Waals surface area (Å²) in [5.41, 5.74) is 1.63. The van der Waals surface area contributed by atoms with Crippen LogP contribution in [0.2, 0.25) is 0 Å². The van der Waals surface area contributed by atoms with Crippen molar-refractivity contribution in [1.29, 1.82) is 0 Å². The fourth-order valence-electron chi connectivity index (χ4n) is 1.47. The second-order valence-electron chi connectivity index (χ2n) is 3.49. The molecule has 74 valence electrons. The van der Waals surface area contributed by atoms with Crippen molar-refractivity contribution >= 4 is 15.7 Å². The summed E-state index contributed by atoms with van der Waals surface area (Å²) in [6.45, 7) is 7.51. The Morgan fingerprint density at radius 1 is 1.38 bits per heavy atom. The van der Waals surface area contributed by atoms with Crippen molar-refractivity contribution in [2.24, 2.45) is 10.3 Å². The quantitative estimate of drug-likeness (QED) is 0.687. The highest BCUT2D eigenvalue weighted by Gasteiger charge is 2.28. The molecule has 0 aliphatic carbocycles. The van der Waals surface area contributed by atoms with E-state index in [0.717, 1.165) is 17.7 Å². The Hall–Kier alpha value is -0.640. The lowest BCUT2D eigenvalue weighted by Crippen LogP contribution is -2.07. The normalized spacial score (nSPS) is 21.2. The monoisotopic (exact) mass is 201 g/mol. The molecule has 0 saturated carbocycles. The van der Waals surface area contributed by atoms with Gasteiger partial charge in [0.1, 0.15) is 0 Å². The second kappa shape index (κ2) is 3.25. The van der Waals surface area contributed by atoms with E-state index in [1.165, 1.54) is 0 Å². The molecule has 0 bridgehead atoms. The number of rotatable bonds is 2. The van der Waals surface area contributed by atoms with Crippen molar-refractivity contribution in [2.45, 2.75) is 34.1 Å². The molecule has 1 heterocycles. The van der Waals surface area contributed by atoms with Crippen LogP contribution in [0.4, 0.5) is 0 Å². The minimum atomic E-state index is -3.31. The van der Waals surface area contributed by atoms with Crippen molar-refractivity contribution in [3.63, 3.8) is 0 Å². The lowest BCUT2D eigenvalue weighted by Gasteiger charge is -2.06. The van der Waals surface area contributed by atoms with Gasteiger partial charge in [-0.1, -0.05) is 20.8 Å². The van der Waals surface area contributed by atoms with Crippen LogP contribution in [0.5, 0.6) is 0 Å².